The molecule has 0 amide bonds. The molecule has 0 spiro atoms. The third-order valence-corrected chi connectivity index (χ3v) is 12.4. The van der Waals surface area contributed by atoms with Crippen LogP contribution in [0.1, 0.15) is 278 Å². The lowest BCUT2D eigenvalue weighted by atomic mass is 10.0. The van der Waals surface area contributed by atoms with Gasteiger partial charge in [0, 0.05) is 19.4 Å². The number of carbonyl (C=O) groups excluding carboxylic acids is 2. The molecule has 0 radical (unpaired) electrons. The molecule has 0 bridgehead atoms. The summed E-state index contributed by atoms with van der Waals surface area (Å²) in [5, 5.41) is 0. The van der Waals surface area contributed by atoms with Crippen molar-refractivity contribution in [3.8, 4) is 0 Å². The van der Waals surface area contributed by atoms with Gasteiger partial charge in [0.2, 0.25) is 0 Å². The van der Waals surface area contributed by atoms with E-state index in [0.717, 1.165) is 96.3 Å². The Balaban J connectivity index is 4.33. The summed E-state index contributed by atoms with van der Waals surface area (Å²) in [6.45, 7) is 7.67. The fourth-order valence-corrected chi connectivity index (χ4v) is 8.10. The fourth-order valence-electron chi connectivity index (χ4n) is 8.10. The van der Waals surface area contributed by atoms with Crippen LogP contribution in [0.5, 0.6) is 0 Å². The van der Waals surface area contributed by atoms with Gasteiger partial charge in [0.15, 0.2) is 6.10 Å². The molecule has 0 aromatic carbocycles. The highest BCUT2D eigenvalue weighted by molar-refractivity contribution is 5.70. The molecule has 1 atom stereocenters. The van der Waals surface area contributed by atoms with E-state index < -0.39 is 6.10 Å². The van der Waals surface area contributed by atoms with Gasteiger partial charge < -0.3 is 14.2 Å². The number of hydrogen-bond donors (Lipinski definition) is 0. The van der Waals surface area contributed by atoms with Gasteiger partial charge in [-0.25, -0.2) is 0 Å². The minimum absolute atomic E-state index is 0.0675. The molecule has 0 aliphatic carbocycles. The van der Waals surface area contributed by atoms with E-state index in [4.69, 9.17) is 14.2 Å². The highest BCUT2D eigenvalue weighted by Gasteiger charge is 2.17. The van der Waals surface area contributed by atoms with Crippen LogP contribution in [-0.4, -0.2) is 37.9 Å². The topological polar surface area (TPSA) is 61.8 Å². The summed E-state index contributed by atoms with van der Waals surface area (Å²) in [5.41, 5.74) is 0. The second kappa shape index (κ2) is 58.4. The van der Waals surface area contributed by atoms with Crippen molar-refractivity contribution >= 4 is 11.9 Å². The Morgan fingerprint density at radius 1 is 0.338 bits per heavy atom. The van der Waals surface area contributed by atoms with Crippen molar-refractivity contribution in [2.24, 2.45) is 0 Å². The van der Waals surface area contributed by atoms with Crippen LogP contribution in [0.15, 0.2) is 85.1 Å². The second-order valence-corrected chi connectivity index (χ2v) is 19.2. The van der Waals surface area contributed by atoms with E-state index in [-0.39, 0.29) is 25.2 Å². The van der Waals surface area contributed by atoms with Crippen molar-refractivity contribution < 1.29 is 23.8 Å². The molecule has 0 aliphatic rings. The van der Waals surface area contributed by atoms with Crippen LogP contribution < -0.4 is 0 Å². The van der Waals surface area contributed by atoms with Gasteiger partial charge in [-0.3, -0.25) is 9.59 Å². The highest BCUT2D eigenvalue weighted by Crippen LogP contribution is 2.15. The number of unbranched alkanes of at least 4 members (excludes halogenated alkanes) is 28. The monoisotopic (exact) mass is 947 g/mol. The van der Waals surface area contributed by atoms with Gasteiger partial charge in [0.1, 0.15) is 6.61 Å². The van der Waals surface area contributed by atoms with Gasteiger partial charge in [0.25, 0.3) is 0 Å². The molecule has 0 heterocycles. The predicted molar refractivity (Wildman–Crippen MR) is 297 cm³/mol. The van der Waals surface area contributed by atoms with E-state index in [1.807, 2.05) is 0 Å². The van der Waals surface area contributed by atoms with Crippen LogP contribution in [-0.2, 0) is 23.8 Å². The third kappa shape index (κ3) is 55.7. The average Bonchev–Trinajstić information content (AvgIpc) is 3.34. The first-order chi connectivity index (χ1) is 33.6. The lowest BCUT2D eigenvalue weighted by Gasteiger charge is -2.18. The first-order valence-electron chi connectivity index (χ1n) is 29.1. The van der Waals surface area contributed by atoms with Gasteiger partial charge >= 0.3 is 11.9 Å². The van der Waals surface area contributed by atoms with Gasteiger partial charge in [-0.2, -0.15) is 0 Å². The van der Waals surface area contributed by atoms with E-state index in [9.17, 15) is 9.59 Å². The summed E-state index contributed by atoms with van der Waals surface area (Å²) in [5.74, 6) is -0.422. The lowest BCUT2D eigenvalue weighted by Crippen LogP contribution is -2.30. The van der Waals surface area contributed by atoms with Crippen LogP contribution in [0.2, 0.25) is 0 Å². The summed E-state index contributed by atoms with van der Waals surface area (Å²) in [7, 11) is 0. The van der Waals surface area contributed by atoms with Gasteiger partial charge in [-0.1, -0.05) is 254 Å². The molecule has 0 aromatic heterocycles. The van der Waals surface area contributed by atoms with Gasteiger partial charge in [-0.15, -0.1) is 0 Å². The smallest absolute Gasteiger partial charge is 0.306 e. The summed E-state index contributed by atoms with van der Waals surface area (Å²) in [4.78, 5) is 25.5. The zero-order valence-corrected chi connectivity index (χ0v) is 45.1. The van der Waals surface area contributed by atoms with Crippen LogP contribution in [0, 0.1) is 0 Å². The number of carbonyl (C=O) groups is 2. The largest absolute Gasteiger partial charge is 0.462 e. The molecular formula is C63H110O5. The molecule has 0 N–H and O–H groups in total. The number of ether oxygens (including phenoxy) is 3. The van der Waals surface area contributed by atoms with Gasteiger partial charge in [0.05, 0.1) is 6.61 Å². The van der Waals surface area contributed by atoms with Crippen molar-refractivity contribution in [1.29, 1.82) is 0 Å². The van der Waals surface area contributed by atoms with E-state index in [0.29, 0.717) is 19.4 Å². The van der Waals surface area contributed by atoms with E-state index in [1.54, 1.807) is 0 Å². The maximum Gasteiger partial charge on any atom is 0.306 e. The Morgan fingerprint density at radius 2 is 0.662 bits per heavy atom. The van der Waals surface area contributed by atoms with Crippen molar-refractivity contribution in [3.63, 3.8) is 0 Å². The highest BCUT2D eigenvalue weighted by atomic mass is 16.6. The Hall–Kier alpha value is -2.92. The molecule has 0 fully saturated rings. The van der Waals surface area contributed by atoms with Crippen molar-refractivity contribution in [2.75, 3.05) is 19.8 Å². The van der Waals surface area contributed by atoms with E-state index >= 15 is 0 Å². The standard InChI is InChI=1S/C63H110O5/c1-4-7-10-13-16-19-22-25-28-30-31-32-34-37-40-43-46-49-52-55-58-66-59-61(68-63(65)57-54-51-48-45-42-39-35-27-24-21-18-15-12-9-6-3)60-67-62(64)56-53-50-47-44-41-38-36-33-29-26-23-20-17-14-11-8-5-2/h8,11,16-17,19-20,25-26,28-29,31-32,36,38,61H,4-7,9-10,12-15,18,21-24,27,30,33-35,37,39-60H2,1-3H3/b11-8-,19-16-,20-17-,28-25-,29-26-,32-31-,38-36-. The molecule has 0 saturated heterocycles. The third-order valence-electron chi connectivity index (χ3n) is 12.4. The number of esters is 2. The van der Waals surface area contributed by atoms with Crippen molar-refractivity contribution in [1.82, 2.24) is 0 Å². The maximum atomic E-state index is 12.9. The zero-order chi connectivity index (χ0) is 49.2. The van der Waals surface area contributed by atoms with Crippen molar-refractivity contribution in [3.05, 3.63) is 85.1 Å². The molecule has 1 unspecified atom stereocenters. The van der Waals surface area contributed by atoms with Crippen LogP contribution in [0.25, 0.3) is 0 Å². The minimum atomic E-state index is -0.554. The Morgan fingerprint density at radius 3 is 1.09 bits per heavy atom. The maximum absolute atomic E-state index is 12.9. The summed E-state index contributed by atoms with van der Waals surface area (Å²) >= 11 is 0. The van der Waals surface area contributed by atoms with E-state index in [1.165, 1.54) is 148 Å². The Labute approximate surface area is 422 Å². The van der Waals surface area contributed by atoms with E-state index in [2.05, 4.69) is 106 Å². The quantitative estimate of drug-likeness (QED) is 0.0345. The molecule has 0 saturated carbocycles. The minimum Gasteiger partial charge on any atom is -0.462 e. The molecule has 0 aliphatic heterocycles. The molecule has 68 heavy (non-hydrogen) atoms. The number of allylic oxidation sites excluding steroid dienone is 14. The molecule has 392 valence electrons. The zero-order valence-electron chi connectivity index (χ0n) is 45.1. The first kappa shape index (κ1) is 65.1. The molecular weight excluding hydrogens is 837 g/mol. The first-order valence-corrected chi connectivity index (χ1v) is 29.1. The summed E-state index contributed by atoms with van der Waals surface area (Å²) in [6.07, 6.45) is 77.4. The van der Waals surface area contributed by atoms with Gasteiger partial charge in [-0.05, 0) is 96.3 Å². The molecule has 5 nitrogen and oxygen atoms in total. The number of hydrogen-bond acceptors (Lipinski definition) is 5. The molecule has 5 heteroatoms. The fraction of sp³-hybridized carbons (Fsp3) is 0.746. The van der Waals surface area contributed by atoms with Crippen LogP contribution in [0.4, 0.5) is 0 Å². The Kier molecular flexibility index (Phi) is 55.9. The average molecular weight is 948 g/mol. The predicted octanol–water partition coefficient (Wildman–Crippen LogP) is 20.0. The summed E-state index contributed by atoms with van der Waals surface area (Å²) < 4.78 is 17.5. The molecule has 0 rings (SSSR count). The normalized spacial score (nSPS) is 12.8. The SMILES string of the molecule is CC/C=C\C/C=C\C/C=C\C/C=C\CCCCCCC(=O)OCC(COCCCCCCCCC/C=C\C/C=C\C/C=C\CCCCC)OC(=O)CCCCCCCCCCCCCCCCC. The van der Waals surface area contributed by atoms with Crippen LogP contribution >= 0.6 is 0 Å². The lowest BCUT2D eigenvalue weighted by molar-refractivity contribution is -0.163. The van der Waals surface area contributed by atoms with Crippen LogP contribution in [0.3, 0.4) is 0 Å². The number of rotatable bonds is 53. The molecule has 0 aromatic rings. The second-order valence-electron chi connectivity index (χ2n) is 19.2. The van der Waals surface area contributed by atoms with Crippen molar-refractivity contribution in [2.45, 2.75) is 284 Å². The summed E-state index contributed by atoms with van der Waals surface area (Å²) in [6, 6.07) is 0. The Bertz CT molecular complexity index is 1250.